The van der Waals surface area contributed by atoms with Crippen molar-refractivity contribution in [3.05, 3.63) is 29.3 Å². The van der Waals surface area contributed by atoms with Gasteiger partial charge in [0.1, 0.15) is 11.5 Å². The molecule has 3 nitrogen and oxygen atoms in total. The lowest BCUT2D eigenvalue weighted by atomic mass is 10.1. The highest BCUT2D eigenvalue weighted by Gasteiger charge is 2.05. The summed E-state index contributed by atoms with van der Waals surface area (Å²) in [5.41, 5.74) is 2.54. The molecule has 0 spiro atoms. The van der Waals surface area contributed by atoms with Crippen molar-refractivity contribution in [2.45, 2.75) is 39.7 Å². The van der Waals surface area contributed by atoms with Crippen LogP contribution in [0.3, 0.4) is 0 Å². The number of carbonyl (C=O) groups is 1. The van der Waals surface area contributed by atoms with Crippen molar-refractivity contribution in [1.29, 1.82) is 0 Å². The number of aryl methyl sites for hydroxylation is 1. The van der Waals surface area contributed by atoms with Gasteiger partial charge >= 0.3 is 0 Å². The Labute approximate surface area is 116 Å². The van der Waals surface area contributed by atoms with Gasteiger partial charge in [0, 0.05) is 13.0 Å². The van der Waals surface area contributed by atoms with Crippen LogP contribution in [0.5, 0.6) is 5.75 Å². The number of hydrogen-bond acceptors (Lipinski definition) is 3. The van der Waals surface area contributed by atoms with E-state index in [9.17, 15) is 4.79 Å². The Balaban J connectivity index is 2.54. The highest BCUT2D eigenvalue weighted by Crippen LogP contribution is 2.21. The fourth-order valence-electron chi connectivity index (χ4n) is 2.20. The number of ether oxygens (including phenoxy) is 1. The number of rotatable bonds is 8. The second kappa shape index (κ2) is 7.95. The predicted molar refractivity (Wildman–Crippen MR) is 78.6 cm³/mol. The van der Waals surface area contributed by atoms with Gasteiger partial charge in [0.05, 0.1) is 7.11 Å². The molecule has 0 atom stereocenters. The van der Waals surface area contributed by atoms with Crippen molar-refractivity contribution in [3.63, 3.8) is 0 Å². The molecular formula is C16H25NO2. The topological polar surface area (TPSA) is 29.5 Å². The number of benzene rings is 1. The van der Waals surface area contributed by atoms with Crippen LogP contribution in [0.1, 0.15) is 37.8 Å². The minimum absolute atomic E-state index is 0.270. The van der Waals surface area contributed by atoms with Gasteiger partial charge in [0.15, 0.2) is 0 Å². The van der Waals surface area contributed by atoms with Crippen LogP contribution in [-0.4, -0.2) is 31.4 Å². The maximum absolute atomic E-state index is 10.9. The molecule has 0 saturated heterocycles. The van der Waals surface area contributed by atoms with E-state index < -0.39 is 0 Å². The maximum atomic E-state index is 10.9. The third kappa shape index (κ3) is 5.43. The van der Waals surface area contributed by atoms with E-state index in [0.717, 1.165) is 31.7 Å². The summed E-state index contributed by atoms with van der Waals surface area (Å²) in [5, 5.41) is 0. The Kier molecular flexibility index (Phi) is 6.57. The van der Waals surface area contributed by atoms with Crippen molar-refractivity contribution >= 4 is 5.78 Å². The molecular weight excluding hydrogens is 238 g/mol. The molecule has 3 heteroatoms. The van der Waals surface area contributed by atoms with Gasteiger partial charge in [0.2, 0.25) is 0 Å². The van der Waals surface area contributed by atoms with Gasteiger partial charge in [-0.15, -0.1) is 0 Å². The summed E-state index contributed by atoms with van der Waals surface area (Å²) < 4.78 is 5.34. The van der Waals surface area contributed by atoms with Crippen LogP contribution >= 0.6 is 0 Å². The third-order valence-electron chi connectivity index (χ3n) is 3.25. The lowest BCUT2D eigenvalue weighted by molar-refractivity contribution is -0.117. The smallest absolute Gasteiger partial charge is 0.129 e. The van der Waals surface area contributed by atoms with Gasteiger partial charge in [-0.2, -0.15) is 0 Å². The molecule has 0 aliphatic heterocycles. The monoisotopic (exact) mass is 263 g/mol. The molecule has 0 unspecified atom stereocenters. The first-order valence-electron chi connectivity index (χ1n) is 6.90. The molecule has 0 fully saturated rings. The highest BCUT2D eigenvalue weighted by atomic mass is 16.5. The van der Waals surface area contributed by atoms with Crippen LogP contribution in [0, 0.1) is 0 Å². The van der Waals surface area contributed by atoms with E-state index in [4.69, 9.17) is 4.74 Å². The molecule has 0 aromatic heterocycles. The molecule has 0 saturated carbocycles. The van der Waals surface area contributed by atoms with Gasteiger partial charge < -0.3 is 14.4 Å². The van der Waals surface area contributed by atoms with E-state index in [0.29, 0.717) is 6.42 Å². The number of Topliss-reactive ketones (excluding diaryl/α,β-unsaturated/α-hetero) is 1. The zero-order valence-corrected chi connectivity index (χ0v) is 12.5. The van der Waals surface area contributed by atoms with Crippen LogP contribution in [0.15, 0.2) is 18.2 Å². The maximum Gasteiger partial charge on any atom is 0.129 e. The summed E-state index contributed by atoms with van der Waals surface area (Å²) in [6.07, 6.45) is 2.58. The Morgan fingerprint density at radius 3 is 2.68 bits per heavy atom. The number of hydrogen-bond donors (Lipinski definition) is 0. The Bertz CT molecular complexity index is 415. The predicted octanol–water partition coefficient (Wildman–Crippen LogP) is 3.06. The van der Waals surface area contributed by atoms with Crippen LogP contribution in [0.25, 0.3) is 0 Å². The minimum atomic E-state index is 0.270. The summed E-state index contributed by atoms with van der Waals surface area (Å²) in [6.45, 7) is 5.65. The Morgan fingerprint density at radius 1 is 1.37 bits per heavy atom. The first kappa shape index (κ1) is 15.7. The van der Waals surface area contributed by atoms with Crippen molar-refractivity contribution < 1.29 is 9.53 Å². The fourth-order valence-corrected chi connectivity index (χ4v) is 2.20. The molecule has 0 radical (unpaired) electrons. The number of methoxy groups -OCH3 is 1. The fraction of sp³-hybridized carbons (Fsp3) is 0.562. The first-order valence-corrected chi connectivity index (χ1v) is 6.90. The molecule has 0 amide bonds. The second-order valence-electron chi connectivity index (χ2n) is 5.04. The quantitative estimate of drug-likeness (QED) is 0.722. The lowest BCUT2D eigenvalue weighted by Crippen LogP contribution is -2.19. The summed E-state index contributed by atoms with van der Waals surface area (Å²) >= 11 is 0. The summed E-state index contributed by atoms with van der Waals surface area (Å²) in [5.74, 6) is 1.23. The molecule has 0 N–H and O–H groups in total. The van der Waals surface area contributed by atoms with Gasteiger partial charge in [-0.05, 0) is 50.6 Å². The number of nitrogens with zero attached hydrogens (tertiary/aromatic N) is 1. The zero-order chi connectivity index (χ0) is 14.3. The van der Waals surface area contributed by atoms with Gasteiger partial charge in [-0.3, -0.25) is 0 Å². The molecule has 1 aromatic carbocycles. The first-order chi connectivity index (χ1) is 9.06. The number of ketones is 1. The van der Waals surface area contributed by atoms with E-state index in [-0.39, 0.29) is 5.78 Å². The van der Waals surface area contributed by atoms with Crippen molar-refractivity contribution in [3.8, 4) is 5.75 Å². The lowest BCUT2D eigenvalue weighted by Gasteiger charge is -2.17. The second-order valence-corrected chi connectivity index (χ2v) is 5.04. The summed E-state index contributed by atoms with van der Waals surface area (Å²) in [4.78, 5) is 13.2. The Morgan fingerprint density at radius 2 is 2.11 bits per heavy atom. The van der Waals surface area contributed by atoms with E-state index in [2.05, 4.69) is 31.0 Å². The zero-order valence-electron chi connectivity index (χ0n) is 12.5. The normalized spacial score (nSPS) is 10.8. The van der Waals surface area contributed by atoms with E-state index in [1.807, 2.05) is 6.07 Å². The summed E-state index contributed by atoms with van der Waals surface area (Å²) in [6, 6.07) is 6.36. The molecule has 0 aliphatic rings. The van der Waals surface area contributed by atoms with Crippen molar-refractivity contribution in [1.82, 2.24) is 4.90 Å². The third-order valence-corrected chi connectivity index (χ3v) is 3.25. The van der Waals surface area contributed by atoms with E-state index >= 15 is 0 Å². The largest absolute Gasteiger partial charge is 0.496 e. The summed E-state index contributed by atoms with van der Waals surface area (Å²) in [7, 11) is 3.80. The van der Waals surface area contributed by atoms with Crippen LogP contribution in [0.4, 0.5) is 0 Å². The van der Waals surface area contributed by atoms with E-state index in [1.54, 1.807) is 14.0 Å². The SMILES string of the molecule is CCc1cc(CN(C)CCCC(C)=O)ccc1OC. The average molecular weight is 263 g/mol. The minimum Gasteiger partial charge on any atom is -0.496 e. The van der Waals surface area contributed by atoms with E-state index in [1.165, 1.54) is 11.1 Å². The van der Waals surface area contributed by atoms with Crippen molar-refractivity contribution in [2.75, 3.05) is 20.7 Å². The standard InChI is InChI=1S/C16H25NO2/c1-5-15-11-14(8-9-16(15)19-4)12-17(3)10-6-7-13(2)18/h8-9,11H,5-7,10,12H2,1-4H3. The molecule has 106 valence electrons. The molecule has 0 heterocycles. The number of carbonyl (C=O) groups excluding carboxylic acids is 1. The molecule has 1 rings (SSSR count). The molecule has 19 heavy (non-hydrogen) atoms. The Hall–Kier alpha value is -1.35. The van der Waals surface area contributed by atoms with Gasteiger partial charge in [0.25, 0.3) is 0 Å². The van der Waals surface area contributed by atoms with Crippen molar-refractivity contribution in [2.24, 2.45) is 0 Å². The molecule has 1 aromatic rings. The van der Waals surface area contributed by atoms with Gasteiger partial charge in [-0.1, -0.05) is 19.1 Å². The van der Waals surface area contributed by atoms with Crippen LogP contribution in [-0.2, 0) is 17.8 Å². The average Bonchev–Trinajstić information content (AvgIpc) is 2.38. The van der Waals surface area contributed by atoms with Crippen LogP contribution < -0.4 is 4.74 Å². The molecule has 0 bridgehead atoms. The van der Waals surface area contributed by atoms with Crippen LogP contribution in [0.2, 0.25) is 0 Å². The highest BCUT2D eigenvalue weighted by molar-refractivity contribution is 5.75. The van der Waals surface area contributed by atoms with Gasteiger partial charge in [-0.25, -0.2) is 0 Å². The molecule has 0 aliphatic carbocycles.